The zero-order chi connectivity index (χ0) is 12.1. The standard InChI is InChI=1S/C10H10ClF2NO2/c1-14-9(15)8(11)6-4-2-3-5-7(6)16-10(12)13/h2-5,8,10H,1H3,(H,14,15). The summed E-state index contributed by atoms with van der Waals surface area (Å²) in [6.45, 7) is -2.95. The minimum Gasteiger partial charge on any atom is -0.434 e. The first-order valence-corrected chi connectivity index (χ1v) is 4.89. The first-order chi connectivity index (χ1) is 7.56. The molecule has 1 aromatic rings. The second kappa shape index (κ2) is 5.65. The number of rotatable bonds is 4. The van der Waals surface area contributed by atoms with Crippen LogP contribution in [0.1, 0.15) is 10.9 Å². The van der Waals surface area contributed by atoms with E-state index >= 15 is 0 Å². The lowest BCUT2D eigenvalue weighted by Crippen LogP contribution is -2.23. The monoisotopic (exact) mass is 249 g/mol. The number of ether oxygens (including phenoxy) is 1. The highest BCUT2D eigenvalue weighted by Gasteiger charge is 2.21. The van der Waals surface area contributed by atoms with Crippen molar-refractivity contribution in [1.29, 1.82) is 0 Å². The van der Waals surface area contributed by atoms with Gasteiger partial charge in [0.15, 0.2) is 0 Å². The molecular formula is C10H10ClF2NO2. The van der Waals surface area contributed by atoms with Crippen molar-refractivity contribution in [3.63, 3.8) is 0 Å². The van der Waals surface area contributed by atoms with Crippen molar-refractivity contribution in [2.24, 2.45) is 0 Å². The van der Waals surface area contributed by atoms with E-state index in [1.54, 1.807) is 6.07 Å². The SMILES string of the molecule is CNC(=O)C(Cl)c1ccccc1OC(F)F. The molecule has 16 heavy (non-hydrogen) atoms. The van der Waals surface area contributed by atoms with Gasteiger partial charge in [0.05, 0.1) is 0 Å². The summed E-state index contributed by atoms with van der Waals surface area (Å²) >= 11 is 5.81. The average Bonchev–Trinajstić information content (AvgIpc) is 2.27. The molecule has 1 N–H and O–H groups in total. The highest BCUT2D eigenvalue weighted by molar-refractivity contribution is 6.31. The third-order valence-electron chi connectivity index (χ3n) is 1.88. The van der Waals surface area contributed by atoms with Gasteiger partial charge < -0.3 is 10.1 Å². The van der Waals surface area contributed by atoms with E-state index in [4.69, 9.17) is 11.6 Å². The molecule has 0 aliphatic carbocycles. The highest BCUT2D eigenvalue weighted by Crippen LogP contribution is 2.30. The quantitative estimate of drug-likeness (QED) is 0.832. The third kappa shape index (κ3) is 3.06. The molecule has 0 aromatic heterocycles. The van der Waals surface area contributed by atoms with E-state index in [9.17, 15) is 13.6 Å². The third-order valence-corrected chi connectivity index (χ3v) is 2.32. The van der Waals surface area contributed by atoms with Gasteiger partial charge in [0, 0.05) is 12.6 Å². The molecule has 0 bridgehead atoms. The van der Waals surface area contributed by atoms with Crippen molar-refractivity contribution in [3.8, 4) is 5.75 Å². The van der Waals surface area contributed by atoms with Crippen LogP contribution in [-0.4, -0.2) is 19.6 Å². The zero-order valence-corrected chi connectivity index (χ0v) is 9.17. The Balaban J connectivity index is 2.98. The van der Waals surface area contributed by atoms with Gasteiger partial charge in [0.1, 0.15) is 11.1 Å². The topological polar surface area (TPSA) is 38.3 Å². The van der Waals surface area contributed by atoms with E-state index in [-0.39, 0.29) is 11.3 Å². The molecular weight excluding hydrogens is 240 g/mol. The number of likely N-dealkylation sites (N-methyl/N-ethyl adjacent to an activating group) is 1. The van der Waals surface area contributed by atoms with Crippen molar-refractivity contribution in [2.45, 2.75) is 12.0 Å². The average molecular weight is 250 g/mol. The number of nitrogens with one attached hydrogen (secondary N) is 1. The number of halogens is 3. The van der Waals surface area contributed by atoms with Crippen LogP contribution in [0.2, 0.25) is 0 Å². The van der Waals surface area contributed by atoms with Crippen LogP contribution < -0.4 is 10.1 Å². The smallest absolute Gasteiger partial charge is 0.387 e. The number of hydrogen-bond acceptors (Lipinski definition) is 2. The molecule has 0 heterocycles. The largest absolute Gasteiger partial charge is 0.434 e. The predicted molar refractivity (Wildman–Crippen MR) is 55.7 cm³/mol. The minimum absolute atomic E-state index is 0.0962. The predicted octanol–water partition coefficient (Wildman–Crippen LogP) is 2.31. The van der Waals surface area contributed by atoms with Gasteiger partial charge in [-0.3, -0.25) is 4.79 Å². The van der Waals surface area contributed by atoms with Gasteiger partial charge in [-0.25, -0.2) is 0 Å². The molecule has 1 rings (SSSR count). The Bertz CT molecular complexity index is 374. The van der Waals surface area contributed by atoms with Crippen LogP contribution in [-0.2, 0) is 4.79 Å². The molecule has 3 nitrogen and oxygen atoms in total. The van der Waals surface area contributed by atoms with Crippen LogP contribution >= 0.6 is 11.6 Å². The van der Waals surface area contributed by atoms with E-state index < -0.39 is 17.9 Å². The zero-order valence-electron chi connectivity index (χ0n) is 8.41. The van der Waals surface area contributed by atoms with Crippen molar-refractivity contribution < 1.29 is 18.3 Å². The van der Waals surface area contributed by atoms with Crippen LogP contribution in [0.15, 0.2) is 24.3 Å². The summed E-state index contributed by atoms with van der Waals surface area (Å²) in [6, 6.07) is 5.91. The van der Waals surface area contributed by atoms with E-state index in [0.717, 1.165) is 0 Å². The minimum atomic E-state index is -2.95. The van der Waals surface area contributed by atoms with Gasteiger partial charge in [-0.2, -0.15) is 8.78 Å². The van der Waals surface area contributed by atoms with Crippen LogP contribution in [0.25, 0.3) is 0 Å². The van der Waals surface area contributed by atoms with Gasteiger partial charge in [-0.1, -0.05) is 18.2 Å². The summed E-state index contributed by atoms with van der Waals surface area (Å²) in [7, 11) is 1.41. The molecule has 1 aromatic carbocycles. The van der Waals surface area contributed by atoms with Crippen LogP contribution in [0.4, 0.5) is 8.78 Å². The number of carbonyl (C=O) groups excluding carboxylic acids is 1. The molecule has 0 radical (unpaired) electrons. The van der Waals surface area contributed by atoms with Crippen molar-refractivity contribution in [2.75, 3.05) is 7.05 Å². The Labute approximate surface area is 96.4 Å². The van der Waals surface area contributed by atoms with Crippen molar-refractivity contribution in [1.82, 2.24) is 5.32 Å². The Morgan fingerprint density at radius 1 is 1.44 bits per heavy atom. The summed E-state index contributed by atoms with van der Waals surface area (Å²) in [5, 5.41) is 1.27. The lowest BCUT2D eigenvalue weighted by atomic mass is 10.1. The summed E-state index contributed by atoms with van der Waals surface area (Å²) in [4.78, 5) is 11.3. The Morgan fingerprint density at radius 2 is 2.06 bits per heavy atom. The van der Waals surface area contributed by atoms with E-state index in [1.807, 2.05) is 0 Å². The van der Waals surface area contributed by atoms with Gasteiger partial charge in [0.25, 0.3) is 0 Å². The fraction of sp³-hybridized carbons (Fsp3) is 0.300. The number of benzene rings is 1. The van der Waals surface area contributed by atoms with Gasteiger partial charge in [-0.05, 0) is 6.07 Å². The second-order valence-electron chi connectivity index (χ2n) is 2.89. The van der Waals surface area contributed by atoms with Gasteiger partial charge in [0.2, 0.25) is 5.91 Å². The lowest BCUT2D eigenvalue weighted by Gasteiger charge is -2.13. The van der Waals surface area contributed by atoms with E-state index in [1.165, 1.54) is 25.2 Å². The Morgan fingerprint density at radius 3 is 2.62 bits per heavy atom. The molecule has 6 heteroatoms. The van der Waals surface area contributed by atoms with Crippen LogP contribution in [0, 0.1) is 0 Å². The summed E-state index contributed by atoms with van der Waals surface area (Å²) in [5.74, 6) is -0.576. The first-order valence-electron chi connectivity index (χ1n) is 4.45. The molecule has 0 aliphatic heterocycles. The molecule has 0 spiro atoms. The maximum atomic E-state index is 12.1. The number of amides is 1. The Kier molecular flexibility index (Phi) is 4.49. The number of carbonyl (C=O) groups is 1. The molecule has 88 valence electrons. The number of para-hydroxylation sites is 1. The number of hydrogen-bond donors (Lipinski definition) is 1. The molecule has 0 saturated heterocycles. The van der Waals surface area contributed by atoms with Crippen LogP contribution in [0.5, 0.6) is 5.75 Å². The number of alkyl halides is 3. The normalized spacial score (nSPS) is 12.3. The van der Waals surface area contributed by atoms with Crippen molar-refractivity contribution in [3.05, 3.63) is 29.8 Å². The van der Waals surface area contributed by atoms with Crippen molar-refractivity contribution >= 4 is 17.5 Å². The molecule has 0 saturated carbocycles. The van der Waals surface area contributed by atoms with Gasteiger partial charge in [-0.15, -0.1) is 11.6 Å². The van der Waals surface area contributed by atoms with Crippen LogP contribution in [0.3, 0.4) is 0 Å². The summed E-state index contributed by atoms with van der Waals surface area (Å²) in [5.41, 5.74) is 0.212. The molecule has 1 amide bonds. The van der Waals surface area contributed by atoms with E-state index in [2.05, 4.69) is 10.1 Å². The van der Waals surface area contributed by atoms with E-state index in [0.29, 0.717) is 0 Å². The summed E-state index contributed by atoms with van der Waals surface area (Å²) in [6.07, 6.45) is 0. The molecule has 0 aliphatic rings. The first kappa shape index (κ1) is 12.7. The molecule has 1 unspecified atom stereocenters. The maximum absolute atomic E-state index is 12.1. The van der Waals surface area contributed by atoms with Gasteiger partial charge >= 0.3 is 6.61 Å². The molecule has 0 fully saturated rings. The molecule has 1 atom stereocenters. The highest BCUT2D eigenvalue weighted by atomic mass is 35.5. The summed E-state index contributed by atoms with van der Waals surface area (Å²) < 4.78 is 28.4. The second-order valence-corrected chi connectivity index (χ2v) is 3.33. The fourth-order valence-corrected chi connectivity index (χ4v) is 1.45. The fourth-order valence-electron chi connectivity index (χ4n) is 1.16. The lowest BCUT2D eigenvalue weighted by molar-refractivity contribution is -0.120. The Hall–Kier alpha value is -1.36. The maximum Gasteiger partial charge on any atom is 0.387 e.